The summed E-state index contributed by atoms with van der Waals surface area (Å²) in [5, 5.41) is 11.6. The van der Waals surface area contributed by atoms with Gasteiger partial charge in [-0.1, -0.05) is 13.8 Å². The third kappa shape index (κ3) is 9.55. The van der Waals surface area contributed by atoms with Crippen molar-refractivity contribution in [1.82, 2.24) is 5.32 Å². The molecule has 23 heavy (non-hydrogen) atoms. The van der Waals surface area contributed by atoms with Gasteiger partial charge in [0.25, 0.3) is 0 Å². The zero-order valence-electron chi connectivity index (χ0n) is 14.0. The maximum atomic E-state index is 12.2. The zero-order chi connectivity index (χ0) is 18.0. The van der Waals surface area contributed by atoms with Gasteiger partial charge in [0.15, 0.2) is 0 Å². The minimum absolute atomic E-state index is 0.0952. The molecule has 2 atom stereocenters. The summed E-state index contributed by atoms with van der Waals surface area (Å²) >= 11 is 0. The second-order valence-corrected chi connectivity index (χ2v) is 5.95. The van der Waals surface area contributed by atoms with Gasteiger partial charge in [0, 0.05) is 6.42 Å². The summed E-state index contributed by atoms with van der Waals surface area (Å²) in [6.07, 6.45) is 0.00138. The largest absolute Gasteiger partial charge is 0.480 e. The van der Waals surface area contributed by atoms with Crippen LogP contribution in [0.5, 0.6) is 0 Å². The van der Waals surface area contributed by atoms with Crippen LogP contribution in [0.15, 0.2) is 0 Å². The second-order valence-electron chi connectivity index (χ2n) is 5.95. The Bertz CT molecular complexity index is 460. The van der Waals surface area contributed by atoms with Crippen LogP contribution in [0, 0.1) is 5.92 Å². The van der Waals surface area contributed by atoms with E-state index in [9.17, 15) is 14.4 Å². The summed E-state index contributed by atoms with van der Waals surface area (Å²) in [6.45, 7) is 7.46. The average Bonchev–Trinajstić information content (AvgIpc) is 2.41. The summed E-state index contributed by atoms with van der Waals surface area (Å²) in [5.41, 5.74) is 8.24. The molecule has 130 valence electrons. The summed E-state index contributed by atoms with van der Waals surface area (Å²) in [5.74, 6) is -2.07. The van der Waals surface area contributed by atoms with Crippen LogP contribution in [0.25, 0.3) is 5.53 Å². The molecule has 0 fully saturated rings. The molecular weight excluding hydrogens is 302 g/mol. The van der Waals surface area contributed by atoms with E-state index >= 15 is 0 Å². The molecule has 2 N–H and O–H groups in total. The number of hydrogen-bond acceptors (Lipinski definition) is 4. The Hall–Kier alpha value is -2.05. The first kappa shape index (κ1) is 20.9. The van der Waals surface area contributed by atoms with Crippen molar-refractivity contribution in [3.05, 3.63) is 5.53 Å². The van der Waals surface area contributed by atoms with E-state index in [2.05, 4.69) is 10.1 Å². The fourth-order valence-corrected chi connectivity index (χ4v) is 1.92. The molecule has 8 heteroatoms. The quantitative estimate of drug-likeness (QED) is 0.333. The molecule has 1 amide bonds. The van der Waals surface area contributed by atoms with Gasteiger partial charge in [-0.05, 0) is 32.6 Å². The molecular formula is C15H25N3O5. The van der Waals surface area contributed by atoms with Gasteiger partial charge in [-0.2, -0.15) is 4.79 Å². The number of hydrogen-bond donors (Lipinski definition) is 2. The van der Waals surface area contributed by atoms with Crippen LogP contribution in [0.4, 0.5) is 0 Å². The molecule has 0 aromatic carbocycles. The maximum Gasteiger partial charge on any atom is 0.326 e. The maximum absolute atomic E-state index is 12.2. The highest BCUT2D eigenvalue weighted by atomic mass is 16.5. The smallest absolute Gasteiger partial charge is 0.326 e. The van der Waals surface area contributed by atoms with Crippen molar-refractivity contribution < 1.29 is 29.0 Å². The van der Waals surface area contributed by atoms with Gasteiger partial charge in [0.05, 0.1) is 6.10 Å². The van der Waals surface area contributed by atoms with Crippen molar-refractivity contribution in [3.8, 4) is 0 Å². The fourth-order valence-electron chi connectivity index (χ4n) is 1.92. The number of carboxylic acid groups (broad SMARTS) is 1. The highest BCUT2D eigenvalue weighted by Crippen LogP contribution is 2.12. The van der Waals surface area contributed by atoms with Crippen molar-refractivity contribution in [3.63, 3.8) is 0 Å². The molecule has 0 saturated carbocycles. The van der Waals surface area contributed by atoms with E-state index in [4.69, 9.17) is 15.4 Å². The fraction of sp³-hybridized carbons (Fsp3) is 0.733. The van der Waals surface area contributed by atoms with Gasteiger partial charge < -0.3 is 20.7 Å². The lowest BCUT2D eigenvalue weighted by molar-refractivity contribution is -0.146. The van der Waals surface area contributed by atoms with Crippen LogP contribution in [-0.4, -0.2) is 52.0 Å². The van der Waals surface area contributed by atoms with Gasteiger partial charge in [0.2, 0.25) is 11.7 Å². The Morgan fingerprint density at radius 3 is 2.30 bits per heavy atom. The van der Waals surface area contributed by atoms with Crippen LogP contribution >= 0.6 is 0 Å². The molecule has 0 aliphatic carbocycles. The number of amides is 1. The van der Waals surface area contributed by atoms with Gasteiger partial charge in [-0.3, -0.25) is 9.59 Å². The first-order chi connectivity index (χ1) is 10.7. The molecule has 0 radical (unpaired) electrons. The average molecular weight is 327 g/mol. The molecule has 8 nitrogen and oxygen atoms in total. The molecule has 0 spiro atoms. The molecule has 0 aliphatic heterocycles. The number of carboxylic acids is 1. The van der Waals surface area contributed by atoms with Crippen molar-refractivity contribution in [1.29, 1.82) is 0 Å². The standard InChI is InChI=1S/C15H25N3O5/c1-9(2)7-13(23-10(3)4)14(20)18-12(15(21)22)6-5-11(19)8-17-16/h8-10,12-13H,5-7H2,1-4H3,(H,18,20)(H,21,22). The van der Waals surface area contributed by atoms with Crippen LogP contribution in [-0.2, 0) is 19.1 Å². The highest BCUT2D eigenvalue weighted by molar-refractivity contribution is 6.25. The van der Waals surface area contributed by atoms with E-state index in [1.807, 2.05) is 13.8 Å². The Morgan fingerprint density at radius 1 is 1.26 bits per heavy atom. The minimum Gasteiger partial charge on any atom is -0.480 e. The Kier molecular flexibility index (Phi) is 9.69. The van der Waals surface area contributed by atoms with Gasteiger partial charge in [-0.15, -0.1) is 0 Å². The predicted octanol–water partition coefficient (Wildman–Crippen LogP) is 1.05. The summed E-state index contributed by atoms with van der Waals surface area (Å²) in [6, 6.07) is -1.20. The van der Waals surface area contributed by atoms with Crippen molar-refractivity contribution in [2.24, 2.45) is 5.92 Å². The van der Waals surface area contributed by atoms with Crippen LogP contribution in [0.3, 0.4) is 0 Å². The lowest BCUT2D eigenvalue weighted by Gasteiger charge is -2.23. The number of carbonyl (C=O) groups is 3. The Labute approximate surface area is 135 Å². The number of rotatable bonds is 11. The lowest BCUT2D eigenvalue weighted by Crippen LogP contribution is -2.47. The van der Waals surface area contributed by atoms with Crippen LogP contribution in [0.1, 0.15) is 47.0 Å². The van der Waals surface area contributed by atoms with Crippen molar-refractivity contribution in [2.45, 2.75) is 65.2 Å². The summed E-state index contributed by atoms with van der Waals surface area (Å²) < 4.78 is 5.54. The first-order valence-corrected chi connectivity index (χ1v) is 7.56. The van der Waals surface area contributed by atoms with Gasteiger partial charge >= 0.3 is 12.2 Å². The number of ketones is 1. The monoisotopic (exact) mass is 327 g/mol. The van der Waals surface area contributed by atoms with Crippen molar-refractivity contribution >= 4 is 23.9 Å². The number of ether oxygens (including phenoxy) is 1. The lowest BCUT2D eigenvalue weighted by atomic mass is 10.0. The van der Waals surface area contributed by atoms with Gasteiger partial charge in [0.1, 0.15) is 12.1 Å². The van der Waals surface area contributed by atoms with E-state index in [0.717, 1.165) is 0 Å². The number of nitrogens with one attached hydrogen (secondary N) is 1. The molecule has 0 aromatic heterocycles. The SMILES string of the molecule is CC(C)CC(OC(C)C)C(=O)NC(CCC(=O)C=[N+]=[N-])C(=O)O. The van der Waals surface area contributed by atoms with Crippen LogP contribution in [0.2, 0.25) is 0 Å². The summed E-state index contributed by atoms with van der Waals surface area (Å²) in [7, 11) is 0. The topological polar surface area (TPSA) is 129 Å². The normalized spacial score (nSPS) is 13.3. The van der Waals surface area contributed by atoms with E-state index < -0.39 is 29.8 Å². The van der Waals surface area contributed by atoms with Gasteiger partial charge in [-0.25, -0.2) is 4.79 Å². The number of nitrogens with zero attached hydrogens (tertiary/aromatic N) is 2. The number of aliphatic carboxylic acids is 1. The Balaban J connectivity index is 4.81. The molecule has 0 aliphatic rings. The molecule has 0 aromatic rings. The molecule has 0 saturated heterocycles. The van der Waals surface area contributed by atoms with Crippen molar-refractivity contribution in [2.75, 3.05) is 0 Å². The van der Waals surface area contributed by atoms with Crippen LogP contribution < -0.4 is 5.32 Å². The second kappa shape index (κ2) is 10.6. The van der Waals surface area contributed by atoms with E-state index in [1.165, 1.54) is 0 Å². The minimum atomic E-state index is -1.24. The van der Waals surface area contributed by atoms with E-state index in [-0.39, 0.29) is 24.9 Å². The zero-order valence-corrected chi connectivity index (χ0v) is 14.0. The molecule has 0 heterocycles. The number of Topliss-reactive ketones (excluding diaryl/α,β-unsaturated/α-hetero) is 1. The number of carbonyl (C=O) groups excluding carboxylic acids is 2. The first-order valence-electron chi connectivity index (χ1n) is 7.56. The molecule has 0 bridgehead atoms. The third-order valence-electron chi connectivity index (χ3n) is 2.91. The molecule has 2 unspecified atom stereocenters. The third-order valence-corrected chi connectivity index (χ3v) is 2.91. The summed E-state index contributed by atoms with van der Waals surface area (Å²) in [4.78, 5) is 37.3. The van der Waals surface area contributed by atoms with E-state index in [1.54, 1.807) is 13.8 Å². The molecule has 0 rings (SSSR count). The Morgan fingerprint density at radius 2 is 1.87 bits per heavy atom. The highest BCUT2D eigenvalue weighted by Gasteiger charge is 2.27. The van der Waals surface area contributed by atoms with E-state index in [0.29, 0.717) is 12.6 Å². The predicted molar refractivity (Wildman–Crippen MR) is 83.0 cm³/mol.